The van der Waals surface area contributed by atoms with Gasteiger partial charge in [0.1, 0.15) is 5.75 Å². The molecule has 3 N–H and O–H groups in total. The number of benzene rings is 1. The maximum Gasteiger partial charge on any atom is 0.243 e. The summed E-state index contributed by atoms with van der Waals surface area (Å²) in [7, 11) is 1.58. The van der Waals surface area contributed by atoms with E-state index in [1.54, 1.807) is 30.2 Å². The summed E-state index contributed by atoms with van der Waals surface area (Å²) in [6.45, 7) is 2.45. The van der Waals surface area contributed by atoms with Gasteiger partial charge in [0.15, 0.2) is 0 Å². The smallest absolute Gasteiger partial charge is 0.243 e. The van der Waals surface area contributed by atoms with Gasteiger partial charge in [0.2, 0.25) is 11.8 Å². The van der Waals surface area contributed by atoms with Crippen LogP contribution in [0.15, 0.2) is 24.3 Å². The Labute approximate surface area is 155 Å². The fourth-order valence-electron chi connectivity index (χ4n) is 3.13. The molecule has 7 heteroatoms. The molecule has 0 aliphatic heterocycles. The molecule has 1 fully saturated rings. The van der Waals surface area contributed by atoms with Crippen molar-refractivity contribution in [3.05, 3.63) is 24.3 Å². The number of nitrogens with two attached hydrogens (primary N) is 1. The van der Waals surface area contributed by atoms with Crippen LogP contribution in [0.3, 0.4) is 0 Å². The van der Waals surface area contributed by atoms with E-state index in [9.17, 15) is 9.59 Å². The SMILES string of the molecule is CCN(CC(=O)Nc1cccc(OC)c1)C(=O)C1CCCC(N)C1.Cl. The molecule has 2 amide bonds. The van der Waals surface area contributed by atoms with Gasteiger partial charge < -0.3 is 20.7 Å². The molecule has 25 heavy (non-hydrogen) atoms. The Hall–Kier alpha value is -1.79. The topological polar surface area (TPSA) is 84.7 Å². The molecular formula is C18H28ClN3O3. The molecule has 0 saturated heterocycles. The van der Waals surface area contributed by atoms with Crippen LogP contribution in [0.25, 0.3) is 0 Å². The maximum absolute atomic E-state index is 12.6. The lowest BCUT2D eigenvalue weighted by Crippen LogP contribution is -2.43. The molecule has 2 atom stereocenters. The van der Waals surface area contributed by atoms with Crippen LogP contribution in [0.1, 0.15) is 32.6 Å². The monoisotopic (exact) mass is 369 g/mol. The van der Waals surface area contributed by atoms with Crippen LogP contribution in [0.2, 0.25) is 0 Å². The Bertz CT molecular complexity index is 582. The third-order valence-corrected chi connectivity index (χ3v) is 4.45. The molecule has 140 valence electrons. The van der Waals surface area contributed by atoms with Gasteiger partial charge in [-0.2, -0.15) is 0 Å². The first-order valence-corrected chi connectivity index (χ1v) is 8.51. The Morgan fingerprint density at radius 2 is 2.12 bits per heavy atom. The zero-order chi connectivity index (χ0) is 17.5. The summed E-state index contributed by atoms with van der Waals surface area (Å²) in [5, 5.41) is 2.81. The summed E-state index contributed by atoms with van der Waals surface area (Å²) >= 11 is 0. The lowest BCUT2D eigenvalue weighted by molar-refractivity contribution is -0.139. The fraction of sp³-hybridized carbons (Fsp3) is 0.556. The number of hydrogen-bond donors (Lipinski definition) is 2. The quantitative estimate of drug-likeness (QED) is 0.806. The highest BCUT2D eigenvalue weighted by Crippen LogP contribution is 2.25. The molecule has 1 aromatic carbocycles. The minimum absolute atomic E-state index is 0. The zero-order valence-electron chi connectivity index (χ0n) is 14.9. The number of ether oxygens (including phenoxy) is 1. The number of carbonyl (C=O) groups is 2. The molecule has 6 nitrogen and oxygen atoms in total. The third-order valence-electron chi connectivity index (χ3n) is 4.45. The predicted molar refractivity (Wildman–Crippen MR) is 101 cm³/mol. The van der Waals surface area contributed by atoms with Crippen LogP contribution in [0.5, 0.6) is 5.75 Å². The van der Waals surface area contributed by atoms with Gasteiger partial charge in [0.05, 0.1) is 13.7 Å². The number of hydrogen-bond acceptors (Lipinski definition) is 4. The standard InChI is InChI=1S/C18H27N3O3.ClH/c1-3-21(18(23)13-6-4-7-14(19)10-13)12-17(22)20-15-8-5-9-16(11-15)24-2;/h5,8-9,11,13-14H,3-4,6-7,10,12,19H2,1-2H3,(H,20,22);1H. The number of likely N-dealkylation sites (N-methyl/N-ethyl adjacent to an activating group) is 1. The second-order valence-electron chi connectivity index (χ2n) is 6.26. The van der Waals surface area contributed by atoms with Gasteiger partial charge in [-0.1, -0.05) is 12.5 Å². The second kappa shape index (κ2) is 10.3. The van der Waals surface area contributed by atoms with Crippen molar-refractivity contribution in [3.63, 3.8) is 0 Å². The minimum Gasteiger partial charge on any atom is -0.497 e. The zero-order valence-corrected chi connectivity index (χ0v) is 15.7. The molecule has 0 spiro atoms. The first-order valence-electron chi connectivity index (χ1n) is 8.51. The van der Waals surface area contributed by atoms with Gasteiger partial charge >= 0.3 is 0 Å². The van der Waals surface area contributed by atoms with E-state index in [1.165, 1.54) is 0 Å². The highest BCUT2D eigenvalue weighted by atomic mass is 35.5. The van der Waals surface area contributed by atoms with Crippen molar-refractivity contribution < 1.29 is 14.3 Å². The van der Waals surface area contributed by atoms with Crippen LogP contribution in [-0.2, 0) is 9.59 Å². The molecule has 1 aliphatic rings. The Morgan fingerprint density at radius 3 is 2.76 bits per heavy atom. The third kappa shape index (κ3) is 6.21. The maximum atomic E-state index is 12.6. The number of carbonyl (C=O) groups excluding carboxylic acids is 2. The lowest BCUT2D eigenvalue weighted by atomic mass is 9.85. The van der Waals surface area contributed by atoms with Gasteiger partial charge in [0, 0.05) is 30.3 Å². The normalized spacial score (nSPS) is 19.5. The fourth-order valence-corrected chi connectivity index (χ4v) is 3.13. The van der Waals surface area contributed by atoms with Crippen LogP contribution in [-0.4, -0.2) is 43.0 Å². The summed E-state index contributed by atoms with van der Waals surface area (Å²) in [5.74, 6) is 0.442. The number of halogens is 1. The van der Waals surface area contributed by atoms with Gasteiger partial charge in [-0.25, -0.2) is 0 Å². The summed E-state index contributed by atoms with van der Waals surface area (Å²) in [4.78, 5) is 26.5. The number of methoxy groups -OCH3 is 1. The van der Waals surface area contributed by atoms with Crippen LogP contribution >= 0.6 is 12.4 Å². The van der Waals surface area contributed by atoms with Crippen molar-refractivity contribution in [2.75, 3.05) is 25.5 Å². The molecule has 1 aromatic rings. The number of nitrogens with zero attached hydrogens (tertiary/aromatic N) is 1. The van der Waals surface area contributed by atoms with Crippen molar-refractivity contribution in [2.45, 2.75) is 38.6 Å². The largest absolute Gasteiger partial charge is 0.497 e. The number of rotatable bonds is 6. The Balaban J connectivity index is 0.00000312. The molecular weight excluding hydrogens is 342 g/mol. The summed E-state index contributed by atoms with van der Waals surface area (Å²) < 4.78 is 5.14. The highest BCUT2D eigenvalue weighted by Gasteiger charge is 2.29. The molecule has 0 bridgehead atoms. The minimum atomic E-state index is -0.210. The van der Waals surface area contributed by atoms with Crippen molar-refractivity contribution in [3.8, 4) is 5.75 Å². The highest BCUT2D eigenvalue weighted by molar-refractivity contribution is 5.95. The molecule has 2 rings (SSSR count). The van der Waals surface area contributed by atoms with E-state index < -0.39 is 0 Å². The van der Waals surface area contributed by atoms with Crippen LogP contribution < -0.4 is 15.8 Å². The first-order chi connectivity index (χ1) is 11.5. The average molecular weight is 370 g/mol. The average Bonchev–Trinajstić information content (AvgIpc) is 2.59. The molecule has 2 unspecified atom stereocenters. The van der Waals surface area contributed by atoms with Gasteiger partial charge in [0.25, 0.3) is 0 Å². The van der Waals surface area contributed by atoms with Gasteiger partial charge in [-0.3, -0.25) is 9.59 Å². The number of amides is 2. The van der Waals surface area contributed by atoms with Crippen molar-refractivity contribution in [2.24, 2.45) is 11.7 Å². The van der Waals surface area contributed by atoms with E-state index >= 15 is 0 Å². The van der Waals surface area contributed by atoms with Crippen LogP contribution in [0, 0.1) is 5.92 Å². The van der Waals surface area contributed by atoms with Crippen molar-refractivity contribution in [1.29, 1.82) is 0 Å². The van der Waals surface area contributed by atoms with Crippen molar-refractivity contribution >= 4 is 29.9 Å². The van der Waals surface area contributed by atoms with Gasteiger partial charge in [-0.05, 0) is 38.3 Å². The van der Waals surface area contributed by atoms with E-state index in [1.807, 2.05) is 13.0 Å². The predicted octanol–water partition coefficient (Wildman–Crippen LogP) is 2.42. The summed E-state index contributed by atoms with van der Waals surface area (Å²) in [6, 6.07) is 7.25. The first kappa shape index (κ1) is 21.3. The number of anilines is 1. The Kier molecular flexibility index (Phi) is 8.72. The number of nitrogens with one attached hydrogen (secondary N) is 1. The van der Waals surface area contributed by atoms with Crippen molar-refractivity contribution in [1.82, 2.24) is 4.90 Å². The second-order valence-corrected chi connectivity index (χ2v) is 6.26. The van der Waals surface area contributed by atoms with E-state index in [-0.39, 0.29) is 42.7 Å². The van der Waals surface area contributed by atoms with E-state index in [0.717, 1.165) is 19.3 Å². The van der Waals surface area contributed by atoms with E-state index in [2.05, 4.69) is 5.32 Å². The van der Waals surface area contributed by atoms with E-state index in [0.29, 0.717) is 24.4 Å². The molecule has 0 aromatic heterocycles. The Morgan fingerprint density at radius 1 is 1.36 bits per heavy atom. The van der Waals surface area contributed by atoms with Gasteiger partial charge in [-0.15, -0.1) is 12.4 Å². The van der Waals surface area contributed by atoms with Crippen LogP contribution in [0.4, 0.5) is 5.69 Å². The molecule has 1 aliphatic carbocycles. The lowest BCUT2D eigenvalue weighted by Gasteiger charge is -2.30. The van der Waals surface area contributed by atoms with E-state index in [4.69, 9.17) is 10.5 Å². The molecule has 1 saturated carbocycles. The summed E-state index contributed by atoms with van der Waals surface area (Å²) in [6.07, 6.45) is 3.53. The molecule has 0 radical (unpaired) electrons. The summed E-state index contributed by atoms with van der Waals surface area (Å²) in [5.41, 5.74) is 6.63. The molecule has 0 heterocycles.